The van der Waals surface area contributed by atoms with Crippen molar-refractivity contribution in [3.05, 3.63) is 34.1 Å². The number of hydrogen-bond donors (Lipinski definition) is 1. The zero-order valence-corrected chi connectivity index (χ0v) is 13.0. The maximum atomic E-state index is 13.0. The minimum atomic E-state index is -0.181. The minimum Gasteiger partial charge on any atom is -0.317 e. The molecule has 1 N–H and O–H groups in total. The lowest BCUT2D eigenvalue weighted by molar-refractivity contribution is 0.175. The fourth-order valence-electron chi connectivity index (χ4n) is 2.59. The number of nitrogens with zero attached hydrogens (tertiary/aromatic N) is 1. The third kappa shape index (κ3) is 4.55. The fraction of sp³-hybridized carbons (Fsp3) is 0.600. The lowest BCUT2D eigenvalue weighted by Gasteiger charge is -2.32. The summed E-state index contributed by atoms with van der Waals surface area (Å²) in [6.45, 7) is 7.54. The normalized spacial score (nSPS) is 17.8. The van der Waals surface area contributed by atoms with Crippen molar-refractivity contribution in [2.45, 2.75) is 26.3 Å². The number of benzene rings is 1. The molecule has 1 aliphatic rings. The second kappa shape index (κ2) is 7.36. The van der Waals surface area contributed by atoms with E-state index in [2.05, 4.69) is 33.1 Å². The molecule has 0 spiro atoms. The Labute approximate surface area is 123 Å². The first-order valence-electron chi connectivity index (χ1n) is 7.06. The second-order valence-corrected chi connectivity index (χ2v) is 6.12. The number of likely N-dealkylation sites (tertiary alicyclic amines) is 1. The van der Waals surface area contributed by atoms with Crippen LogP contribution in [0.2, 0.25) is 0 Å². The average molecular weight is 329 g/mol. The zero-order valence-electron chi connectivity index (χ0n) is 11.5. The van der Waals surface area contributed by atoms with E-state index < -0.39 is 0 Å². The molecule has 19 heavy (non-hydrogen) atoms. The Balaban J connectivity index is 1.82. The highest BCUT2D eigenvalue weighted by Gasteiger charge is 2.19. The Morgan fingerprint density at radius 3 is 2.74 bits per heavy atom. The third-order valence-electron chi connectivity index (χ3n) is 3.80. The van der Waals surface area contributed by atoms with Crippen LogP contribution in [0.1, 0.15) is 25.3 Å². The van der Waals surface area contributed by atoms with Crippen LogP contribution >= 0.6 is 15.9 Å². The first kappa shape index (κ1) is 14.9. The van der Waals surface area contributed by atoms with Gasteiger partial charge in [0.1, 0.15) is 5.82 Å². The predicted octanol–water partition coefficient (Wildman–Crippen LogP) is 3.41. The summed E-state index contributed by atoms with van der Waals surface area (Å²) in [5.74, 6) is 0.632. The van der Waals surface area contributed by atoms with Gasteiger partial charge < -0.3 is 5.32 Å². The van der Waals surface area contributed by atoms with E-state index in [1.54, 1.807) is 6.07 Å². The number of rotatable bonds is 5. The number of nitrogens with one attached hydrogen (secondary N) is 1. The van der Waals surface area contributed by atoms with Crippen molar-refractivity contribution >= 4 is 15.9 Å². The molecule has 0 saturated carbocycles. The molecule has 2 nitrogen and oxygen atoms in total. The standard InChI is InChI=1S/C15H22BrFN2/c1-2-18-10-12-5-7-19(8-6-12)11-13-3-4-14(17)9-15(13)16/h3-4,9,12,18H,2,5-8,10-11H2,1H3. The molecular formula is C15H22BrFN2. The highest BCUT2D eigenvalue weighted by molar-refractivity contribution is 9.10. The largest absolute Gasteiger partial charge is 0.317 e. The molecule has 1 aliphatic heterocycles. The van der Waals surface area contributed by atoms with Crippen LogP contribution in [0.15, 0.2) is 22.7 Å². The first-order valence-corrected chi connectivity index (χ1v) is 7.85. The second-order valence-electron chi connectivity index (χ2n) is 5.26. The fourth-order valence-corrected chi connectivity index (χ4v) is 3.06. The first-order chi connectivity index (χ1) is 9.19. The van der Waals surface area contributed by atoms with Crippen LogP contribution < -0.4 is 5.32 Å². The van der Waals surface area contributed by atoms with Gasteiger partial charge in [-0.05, 0) is 62.6 Å². The van der Waals surface area contributed by atoms with Crippen LogP contribution in [-0.4, -0.2) is 31.1 Å². The molecule has 0 aromatic heterocycles. The van der Waals surface area contributed by atoms with Crippen molar-refractivity contribution in [1.82, 2.24) is 10.2 Å². The Morgan fingerprint density at radius 2 is 2.11 bits per heavy atom. The molecule has 1 fully saturated rings. The molecule has 0 aliphatic carbocycles. The summed E-state index contributed by atoms with van der Waals surface area (Å²) in [5.41, 5.74) is 1.17. The van der Waals surface area contributed by atoms with Crippen molar-refractivity contribution < 1.29 is 4.39 Å². The quantitative estimate of drug-likeness (QED) is 0.891. The molecule has 0 amide bonds. The van der Waals surface area contributed by atoms with Crippen molar-refractivity contribution in [1.29, 1.82) is 0 Å². The van der Waals surface area contributed by atoms with Gasteiger partial charge in [-0.3, -0.25) is 4.90 Å². The predicted molar refractivity (Wildman–Crippen MR) is 80.6 cm³/mol. The number of piperidine rings is 1. The Kier molecular flexibility index (Phi) is 5.79. The smallest absolute Gasteiger partial charge is 0.124 e. The Bertz CT molecular complexity index is 403. The maximum absolute atomic E-state index is 13.0. The van der Waals surface area contributed by atoms with Crippen LogP contribution in [-0.2, 0) is 6.54 Å². The van der Waals surface area contributed by atoms with Gasteiger partial charge in [0.2, 0.25) is 0 Å². The van der Waals surface area contributed by atoms with Gasteiger partial charge in [-0.1, -0.05) is 28.9 Å². The highest BCUT2D eigenvalue weighted by Crippen LogP contribution is 2.23. The van der Waals surface area contributed by atoms with Crippen molar-refractivity contribution in [3.8, 4) is 0 Å². The average Bonchev–Trinajstić information content (AvgIpc) is 2.41. The van der Waals surface area contributed by atoms with E-state index in [0.29, 0.717) is 0 Å². The molecule has 106 valence electrons. The van der Waals surface area contributed by atoms with Gasteiger partial charge in [-0.2, -0.15) is 0 Å². The van der Waals surface area contributed by atoms with Gasteiger partial charge in [0, 0.05) is 11.0 Å². The molecule has 0 atom stereocenters. The summed E-state index contributed by atoms with van der Waals surface area (Å²) in [6.07, 6.45) is 2.51. The topological polar surface area (TPSA) is 15.3 Å². The van der Waals surface area contributed by atoms with Crippen LogP contribution in [0.25, 0.3) is 0 Å². The lowest BCUT2D eigenvalue weighted by Crippen LogP contribution is -2.36. The van der Waals surface area contributed by atoms with Crippen LogP contribution in [0.4, 0.5) is 4.39 Å². The van der Waals surface area contributed by atoms with E-state index in [0.717, 1.165) is 43.1 Å². The van der Waals surface area contributed by atoms with E-state index in [9.17, 15) is 4.39 Å². The van der Waals surface area contributed by atoms with Crippen LogP contribution in [0.5, 0.6) is 0 Å². The summed E-state index contributed by atoms with van der Waals surface area (Å²) in [4.78, 5) is 2.46. The Morgan fingerprint density at radius 1 is 1.37 bits per heavy atom. The molecular weight excluding hydrogens is 307 g/mol. The van der Waals surface area contributed by atoms with Gasteiger partial charge in [-0.15, -0.1) is 0 Å². The molecule has 4 heteroatoms. The molecule has 1 aromatic rings. The summed E-state index contributed by atoms with van der Waals surface area (Å²) in [5, 5.41) is 3.43. The highest BCUT2D eigenvalue weighted by atomic mass is 79.9. The van der Waals surface area contributed by atoms with Crippen LogP contribution in [0.3, 0.4) is 0 Å². The monoisotopic (exact) mass is 328 g/mol. The van der Waals surface area contributed by atoms with Gasteiger partial charge in [0.15, 0.2) is 0 Å². The molecule has 1 aromatic carbocycles. The van der Waals surface area contributed by atoms with Gasteiger partial charge >= 0.3 is 0 Å². The van der Waals surface area contributed by atoms with E-state index >= 15 is 0 Å². The van der Waals surface area contributed by atoms with Gasteiger partial charge in [-0.25, -0.2) is 4.39 Å². The van der Waals surface area contributed by atoms with E-state index in [1.165, 1.54) is 24.5 Å². The Hall–Kier alpha value is -0.450. The minimum absolute atomic E-state index is 0.181. The lowest BCUT2D eigenvalue weighted by atomic mass is 9.96. The molecule has 1 heterocycles. The van der Waals surface area contributed by atoms with Crippen LogP contribution in [0, 0.1) is 11.7 Å². The molecule has 0 unspecified atom stereocenters. The molecule has 0 radical (unpaired) electrons. The van der Waals surface area contributed by atoms with Crippen molar-refractivity contribution in [2.24, 2.45) is 5.92 Å². The van der Waals surface area contributed by atoms with E-state index in [1.807, 2.05) is 6.07 Å². The summed E-state index contributed by atoms with van der Waals surface area (Å²) < 4.78 is 13.9. The summed E-state index contributed by atoms with van der Waals surface area (Å²) in [7, 11) is 0. The molecule has 1 saturated heterocycles. The SMILES string of the molecule is CCNCC1CCN(Cc2ccc(F)cc2Br)CC1. The maximum Gasteiger partial charge on any atom is 0.124 e. The van der Waals surface area contributed by atoms with E-state index in [-0.39, 0.29) is 5.82 Å². The summed E-state index contributed by atoms with van der Waals surface area (Å²) in [6, 6.07) is 4.97. The number of halogens is 2. The third-order valence-corrected chi connectivity index (χ3v) is 4.54. The number of hydrogen-bond acceptors (Lipinski definition) is 2. The molecule has 0 bridgehead atoms. The molecule has 2 rings (SSSR count). The summed E-state index contributed by atoms with van der Waals surface area (Å²) >= 11 is 3.44. The van der Waals surface area contributed by atoms with Crippen molar-refractivity contribution in [3.63, 3.8) is 0 Å². The van der Waals surface area contributed by atoms with E-state index in [4.69, 9.17) is 0 Å². The van der Waals surface area contributed by atoms with Gasteiger partial charge in [0.05, 0.1) is 0 Å². The van der Waals surface area contributed by atoms with Crippen molar-refractivity contribution in [2.75, 3.05) is 26.2 Å². The zero-order chi connectivity index (χ0) is 13.7. The van der Waals surface area contributed by atoms with Gasteiger partial charge in [0.25, 0.3) is 0 Å².